The van der Waals surface area contributed by atoms with Crippen molar-refractivity contribution in [1.82, 2.24) is 14.8 Å². The Hall–Kier alpha value is -3.85. The van der Waals surface area contributed by atoms with E-state index in [1.54, 1.807) is 14.0 Å². The highest BCUT2D eigenvalue weighted by Gasteiger charge is 2.26. The first-order valence-corrected chi connectivity index (χ1v) is 12.6. The van der Waals surface area contributed by atoms with E-state index in [1.165, 1.54) is 22.6 Å². The van der Waals surface area contributed by atoms with Gasteiger partial charge in [0.2, 0.25) is 5.91 Å². The van der Waals surface area contributed by atoms with Crippen molar-refractivity contribution in [1.29, 1.82) is 0 Å². The standard InChI is InChI=1S/C27H28N4O4S/c1-5-22(36-23-15-17(3)19-13-10-14-21(34-4)24(19)29-23)26(32)30-25-20(27(33)35-6-2)16-28-31(25)18-11-8-7-9-12-18/h7-16,22H,5-6H2,1-4H3,(H,30,32). The number of rotatable bonds is 9. The number of amides is 1. The zero-order valence-corrected chi connectivity index (χ0v) is 21.5. The fourth-order valence-electron chi connectivity index (χ4n) is 3.84. The molecule has 8 nitrogen and oxygen atoms in total. The molecule has 1 atom stereocenters. The van der Waals surface area contributed by atoms with Crippen LogP contribution in [0.15, 0.2) is 65.8 Å². The third-order valence-electron chi connectivity index (χ3n) is 5.64. The van der Waals surface area contributed by atoms with Gasteiger partial charge in [-0.05, 0) is 50.1 Å². The van der Waals surface area contributed by atoms with Gasteiger partial charge in [0.15, 0.2) is 5.82 Å². The second-order valence-corrected chi connectivity index (χ2v) is 9.24. The molecule has 0 fully saturated rings. The molecule has 1 unspecified atom stereocenters. The highest BCUT2D eigenvalue weighted by Crippen LogP contribution is 2.32. The number of fused-ring (bicyclic) bond motifs is 1. The van der Waals surface area contributed by atoms with Crippen LogP contribution >= 0.6 is 11.8 Å². The number of hydrogen-bond acceptors (Lipinski definition) is 7. The van der Waals surface area contributed by atoms with Crippen LogP contribution in [-0.2, 0) is 9.53 Å². The first-order chi connectivity index (χ1) is 17.5. The fraction of sp³-hybridized carbons (Fsp3) is 0.259. The lowest BCUT2D eigenvalue weighted by Crippen LogP contribution is -2.27. The monoisotopic (exact) mass is 504 g/mol. The van der Waals surface area contributed by atoms with Crippen molar-refractivity contribution in [2.24, 2.45) is 0 Å². The fourth-order valence-corrected chi connectivity index (χ4v) is 4.86. The van der Waals surface area contributed by atoms with Gasteiger partial charge in [-0.1, -0.05) is 49.0 Å². The second-order valence-electron chi connectivity index (χ2n) is 8.01. The molecule has 0 bridgehead atoms. The van der Waals surface area contributed by atoms with Crippen LogP contribution in [0.25, 0.3) is 16.6 Å². The molecule has 36 heavy (non-hydrogen) atoms. The molecule has 0 radical (unpaired) electrons. The smallest absolute Gasteiger partial charge is 0.343 e. The van der Waals surface area contributed by atoms with Gasteiger partial charge in [-0.15, -0.1) is 0 Å². The molecule has 2 aromatic heterocycles. The maximum Gasteiger partial charge on any atom is 0.343 e. The summed E-state index contributed by atoms with van der Waals surface area (Å²) in [5.74, 6) is 0.148. The Balaban J connectivity index is 1.65. The molecule has 0 aliphatic carbocycles. The number of pyridine rings is 1. The van der Waals surface area contributed by atoms with Crippen molar-refractivity contribution in [2.45, 2.75) is 37.5 Å². The Morgan fingerprint density at radius 2 is 1.89 bits per heavy atom. The average Bonchev–Trinajstić information content (AvgIpc) is 3.31. The van der Waals surface area contributed by atoms with Crippen molar-refractivity contribution < 1.29 is 19.1 Å². The van der Waals surface area contributed by atoms with Gasteiger partial charge in [0.25, 0.3) is 0 Å². The highest BCUT2D eigenvalue weighted by molar-refractivity contribution is 8.00. The van der Waals surface area contributed by atoms with Crippen LogP contribution in [0.5, 0.6) is 5.75 Å². The van der Waals surface area contributed by atoms with E-state index in [2.05, 4.69) is 10.4 Å². The Bertz CT molecular complexity index is 1390. The third kappa shape index (κ3) is 5.21. The number of nitrogens with zero attached hydrogens (tertiary/aromatic N) is 3. The van der Waals surface area contributed by atoms with Crippen LogP contribution in [0, 0.1) is 6.92 Å². The Kier molecular flexibility index (Phi) is 7.90. The lowest BCUT2D eigenvalue weighted by Gasteiger charge is -2.17. The predicted molar refractivity (Wildman–Crippen MR) is 141 cm³/mol. The summed E-state index contributed by atoms with van der Waals surface area (Å²) in [5.41, 5.74) is 2.70. The molecule has 2 aromatic carbocycles. The van der Waals surface area contributed by atoms with E-state index >= 15 is 0 Å². The molecule has 4 rings (SSSR count). The Morgan fingerprint density at radius 3 is 2.58 bits per heavy atom. The van der Waals surface area contributed by atoms with Crippen molar-refractivity contribution in [3.05, 3.63) is 71.9 Å². The van der Waals surface area contributed by atoms with Crippen molar-refractivity contribution >= 4 is 40.4 Å². The molecule has 0 spiro atoms. The van der Waals surface area contributed by atoms with Crippen molar-refractivity contribution in [3.63, 3.8) is 0 Å². The molecule has 0 aliphatic rings. The van der Waals surface area contributed by atoms with Gasteiger partial charge in [-0.3, -0.25) is 4.79 Å². The zero-order chi connectivity index (χ0) is 25.7. The number of thioether (sulfide) groups is 1. The highest BCUT2D eigenvalue weighted by atomic mass is 32.2. The quantitative estimate of drug-likeness (QED) is 0.240. The Morgan fingerprint density at radius 1 is 1.11 bits per heavy atom. The minimum atomic E-state index is -0.547. The van der Waals surface area contributed by atoms with Gasteiger partial charge < -0.3 is 14.8 Å². The number of aryl methyl sites for hydroxylation is 1. The summed E-state index contributed by atoms with van der Waals surface area (Å²) < 4.78 is 12.2. The summed E-state index contributed by atoms with van der Waals surface area (Å²) in [6.07, 6.45) is 1.96. The molecule has 2 heterocycles. The van der Waals surface area contributed by atoms with Gasteiger partial charge in [0, 0.05) is 5.39 Å². The number of carbonyl (C=O) groups is 2. The average molecular weight is 505 g/mol. The largest absolute Gasteiger partial charge is 0.494 e. The van der Waals surface area contributed by atoms with E-state index in [9.17, 15) is 9.59 Å². The normalized spacial score (nSPS) is 11.8. The number of carbonyl (C=O) groups excluding carboxylic acids is 2. The number of nitrogens with one attached hydrogen (secondary N) is 1. The summed E-state index contributed by atoms with van der Waals surface area (Å²) >= 11 is 1.37. The van der Waals surface area contributed by atoms with Gasteiger partial charge >= 0.3 is 5.97 Å². The van der Waals surface area contributed by atoms with Gasteiger partial charge in [-0.2, -0.15) is 5.10 Å². The zero-order valence-electron chi connectivity index (χ0n) is 20.6. The summed E-state index contributed by atoms with van der Waals surface area (Å²) in [6.45, 7) is 5.90. The molecule has 1 amide bonds. The van der Waals surface area contributed by atoms with E-state index in [1.807, 2.05) is 68.4 Å². The van der Waals surface area contributed by atoms with Gasteiger partial charge in [-0.25, -0.2) is 14.5 Å². The number of esters is 1. The summed E-state index contributed by atoms with van der Waals surface area (Å²) in [5, 5.41) is 8.53. The molecule has 9 heteroatoms. The number of aromatic nitrogens is 3. The third-order valence-corrected chi connectivity index (χ3v) is 6.92. The number of methoxy groups -OCH3 is 1. The topological polar surface area (TPSA) is 95.3 Å². The van der Waals surface area contributed by atoms with Gasteiger partial charge in [0.1, 0.15) is 16.8 Å². The molecule has 1 N–H and O–H groups in total. The summed E-state index contributed by atoms with van der Waals surface area (Å²) in [6, 6.07) is 17.1. The molecular weight excluding hydrogens is 476 g/mol. The van der Waals surface area contributed by atoms with E-state index in [4.69, 9.17) is 14.5 Å². The number of hydrogen-bond donors (Lipinski definition) is 1. The molecule has 0 saturated heterocycles. The number of benzene rings is 2. The minimum absolute atomic E-state index is 0.193. The van der Waals surface area contributed by atoms with E-state index in [-0.39, 0.29) is 23.9 Å². The van der Waals surface area contributed by atoms with Gasteiger partial charge in [0.05, 0.1) is 35.9 Å². The number of para-hydroxylation sites is 2. The molecule has 0 saturated carbocycles. The molecule has 0 aliphatic heterocycles. The Labute approximate surface area is 214 Å². The molecule has 4 aromatic rings. The van der Waals surface area contributed by atoms with E-state index in [0.29, 0.717) is 22.9 Å². The maximum atomic E-state index is 13.5. The van der Waals surface area contributed by atoms with Crippen LogP contribution in [-0.4, -0.2) is 45.6 Å². The minimum Gasteiger partial charge on any atom is -0.494 e. The van der Waals surface area contributed by atoms with Crippen molar-refractivity contribution in [2.75, 3.05) is 19.0 Å². The first kappa shape index (κ1) is 25.2. The maximum absolute atomic E-state index is 13.5. The van der Waals surface area contributed by atoms with Crippen LogP contribution in [0.3, 0.4) is 0 Å². The SMILES string of the molecule is CCOC(=O)c1cnn(-c2ccccc2)c1NC(=O)C(CC)Sc1cc(C)c2cccc(OC)c2n1. The molecular formula is C27H28N4O4S. The number of ether oxygens (including phenoxy) is 2. The number of anilines is 1. The second kappa shape index (κ2) is 11.3. The van der Waals surface area contributed by atoms with E-state index < -0.39 is 11.2 Å². The molecule has 186 valence electrons. The van der Waals surface area contributed by atoms with Crippen LogP contribution in [0.1, 0.15) is 36.2 Å². The van der Waals surface area contributed by atoms with E-state index in [0.717, 1.165) is 16.5 Å². The van der Waals surface area contributed by atoms with Crippen LogP contribution in [0.2, 0.25) is 0 Å². The lowest BCUT2D eigenvalue weighted by molar-refractivity contribution is -0.115. The lowest BCUT2D eigenvalue weighted by atomic mass is 10.1. The predicted octanol–water partition coefficient (Wildman–Crippen LogP) is 5.42. The van der Waals surface area contributed by atoms with Crippen LogP contribution in [0.4, 0.5) is 5.82 Å². The summed E-state index contributed by atoms with van der Waals surface area (Å²) in [4.78, 5) is 30.8. The summed E-state index contributed by atoms with van der Waals surface area (Å²) in [7, 11) is 1.62. The first-order valence-electron chi connectivity index (χ1n) is 11.7. The van der Waals surface area contributed by atoms with Crippen LogP contribution < -0.4 is 10.1 Å². The van der Waals surface area contributed by atoms with Crippen molar-refractivity contribution in [3.8, 4) is 11.4 Å².